The van der Waals surface area contributed by atoms with Gasteiger partial charge < -0.3 is 21.3 Å². The molecule has 7 rings (SSSR count). The zero-order chi connectivity index (χ0) is 34.1. The predicted octanol–water partition coefficient (Wildman–Crippen LogP) is 5.02. The second kappa shape index (κ2) is 14.0. The van der Waals surface area contributed by atoms with Crippen LogP contribution in [-0.4, -0.2) is 64.3 Å². The van der Waals surface area contributed by atoms with Gasteiger partial charge >= 0.3 is 0 Å². The number of aromatic nitrogens is 2. The van der Waals surface area contributed by atoms with Crippen LogP contribution >= 0.6 is 0 Å². The lowest BCUT2D eigenvalue weighted by molar-refractivity contribution is -0.129. The summed E-state index contributed by atoms with van der Waals surface area (Å²) in [5.74, 6) is -0.0655. The van der Waals surface area contributed by atoms with Crippen molar-refractivity contribution in [2.75, 3.05) is 25.0 Å². The van der Waals surface area contributed by atoms with Crippen molar-refractivity contribution < 1.29 is 19.2 Å². The Morgan fingerprint density at radius 3 is 2.55 bits per heavy atom. The van der Waals surface area contributed by atoms with Crippen molar-refractivity contribution in [1.29, 1.82) is 0 Å². The normalized spacial score (nSPS) is 22.5. The van der Waals surface area contributed by atoms with Crippen LogP contribution in [0, 0.1) is 30.6 Å². The SMILES string of the molecule is Cc1cc(C(=O)N2CCC3CNC(=O)C32)ccc1-c1ccc(C[C@H](CC(=O)C2CCC(CN)CC2)C(=O)Nc2ccc3cn[nH]c3c2)cc1. The molecule has 2 aliphatic heterocycles. The van der Waals surface area contributed by atoms with Gasteiger partial charge in [-0.15, -0.1) is 0 Å². The second-order valence-corrected chi connectivity index (χ2v) is 14.2. The van der Waals surface area contributed by atoms with Gasteiger partial charge in [0.2, 0.25) is 11.8 Å². The van der Waals surface area contributed by atoms with Crippen molar-refractivity contribution in [3.8, 4) is 11.1 Å². The lowest BCUT2D eigenvalue weighted by Crippen LogP contribution is -2.42. The predicted molar refractivity (Wildman–Crippen MR) is 189 cm³/mol. The third-order valence-corrected chi connectivity index (χ3v) is 11.0. The number of rotatable bonds is 10. The number of fused-ring (bicyclic) bond motifs is 2. The van der Waals surface area contributed by atoms with Gasteiger partial charge in [0, 0.05) is 53.9 Å². The number of Topliss-reactive ketones (excluding diaryl/α,β-unsaturated/α-hetero) is 1. The quantitative estimate of drug-likeness (QED) is 0.188. The Balaban J connectivity index is 1.05. The first-order valence-corrected chi connectivity index (χ1v) is 17.5. The van der Waals surface area contributed by atoms with Gasteiger partial charge in [-0.2, -0.15) is 5.10 Å². The summed E-state index contributed by atoms with van der Waals surface area (Å²) >= 11 is 0. The molecule has 0 spiro atoms. The van der Waals surface area contributed by atoms with Crippen LogP contribution in [0.3, 0.4) is 0 Å². The zero-order valence-electron chi connectivity index (χ0n) is 27.9. The number of H-pyrrole nitrogens is 1. The van der Waals surface area contributed by atoms with Gasteiger partial charge in [-0.1, -0.05) is 30.3 Å². The molecular formula is C39H44N6O4. The molecule has 0 bridgehead atoms. The fourth-order valence-electron chi connectivity index (χ4n) is 8.03. The van der Waals surface area contributed by atoms with Crippen molar-refractivity contribution in [1.82, 2.24) is 20.4 Å². The van der Waals surface area contributed by atoms with Gasteiger partial charge in [0.15, 0.2) is 0 Å². The van der Waals surface area contributed by atoms with E-state index in [1.165, 1.54) is 0 Å². The molecule has 49 heavy (non-hydrogen) atoms. The molecule has 3 atom stereocenters. The fourth-order valence-corrected chi connectivity index (χ4v) is 8.03. The van der Waals surface area contributed by atoms with Crippen molar-refractivity contribution >= 4 is 40.1 Å². The summed E-state index contributed by atoms with van der Waals surface area (Å²) in [6, 6.07) is 19.1. The lowest BCUT2D eigenvalue weighted by Gasteiger charge is -2.27. The van der Waals surface area contributed by atoms with Crippen LogP contribution in [0.2, 0.25) is 0 Å². The molecule has 3 aromatic carbocycles. The van der Waals surface area contributed by atoms with E-state index in [0.717, 1.165) is 65.3 Å². The number of aromatic amines is 1. The van der Waals surface area contributed by atoms with Crippen molar-refractivity contribution in [2.24, 2.45) is 29.4 Å². The summed E-state index contributed by atoms with van der Waals surface area (Å²) in [7, 11) is 0. The van der Waals surface area contributed by atoms with Gasteiger partial charge in [-0.05, 0) is 110 Å². The van der Waals surface area contributed by atoms with E-state index in [9.17, 15) is 19.2 Å². The summed E-state index contributed by atoms with van der Waals surface area (Å²) in [5.41, 5.74) is 11.9. The number of hydrogen-bond acceptors (Lipinski definition) is 6. The number of carbonyl (C=O) groups excluding carboxylic acids is 4. The first-order valence-electron chi connectivity index (χ1n) is 17.5. The molecule has 3 heterocycles. The highest BCUT2D eigenvalue weighted by atomic mass is 16.2. The molecule has 1 aliphatic carbocycles. The first kappa shape index (κ1) is 32.7. The summed E-state index contributed by atoms with van der Waals surface area (Å²) < 4.78 is 0. The Hall–Kier alpha value is -4.83. The smallest absolute Gasteiger partial charge is 0.254 e. The van der Waals surface area contributed by atoms with Crippen molar-refractivity contribution in [2.45, 2.75) is 57.9 Å². The second-order valence-electron chi connectivity index (χ2n) is 14.2. The van der Waals surface area contributed by atoms with Crippen LogP contribution in [0.5, 0.6) is 0 Å². The lowest BCUT2D eigenvalue weighted by atomic mass is 9.77. The Morgan fingerprint density at radius 2 is 1.80 bits per heavy atom. The van der Waals surface area contributed by atoms with Gasteiger partial charge in [0.25, 0.3) is 5.91 Å². The highest BCUT2D eigenvalue weighted by Gasteiger charge is 2.45. The fraction of sp³-hybridized carbons (Fsp3) is 0.410. The number of ketones is 1. The number of carbonyl (C=O) groups is 4. The topological polar surface area (TPSA) is 150 Å². The minimum atomic E-state index is -0.526. The molecule has 2 saturated heterocycles. The summed E-state index contributed by atoms with van der Waals surface area (Å²) in [6.07, 6.45) is 6.77. The van der Waals surface area contributed by atoms with Gasteiger partial charge in [-0.3, -0.25) is 24.3 Å². The van der Waals surface area contributed by atoms with Crippen molar-refractivity contribution in [3.05, 3.63) is 83.6 Å². The van der Waals surface area contributed by atoms with E-state index in [4.69, 9.17) is 5.73 Å². The van der Waals surface area contributed by atoms with E-state index in [-0.39, 0.29) is 47.8 Å². The third kappa shape index (κ3) is 6.87. The van der Waals surface area contributed by atoms with Crippen LogP contribution in [0.15, 0.2) is 66.9 Å². The zero-order valence-corrected chi connectivity index (χ0v) is 27.9. The summed E-state index contributed by atoms with van der Waals surface area (Å²) in [5, 5.41) is 13.9. The first-order chi connectivity index (χ1) is 23.8. The monoisotopic (exact) mass is 660 g/mol. The number of nitrogens with one attached hydrogen (secondary N) is 3. The molecule has 2 unspecified atom stereocenters. The average molecular weight is 661 g/mol. The maximum Gasteiger partial charge on any atom is 0.254 e. The van der Waals surface area contributed by atoms with Crippen molar-refractivity contribution in [3.63, 3.8) is 0 Å². The Labute approximate surface area is 286 Å². The van der Waals surface area contributed by atoms with E-state index in [2.05, 4.69) is 20.8 Å². The minimum absolute atomic E-state index is 0.0261. The third-order valence-electron chi connectivity index (χ3n) is 11.0. The van der Waals surface area contributed by atoms with Gasteiger partial charge in [0.1, 0.15) is 11.8 Å². The average Bonchev–Trinajstić information content (AvgIpc) is 3.86. The standard InChI is InChI=1S/C39H44N6O4/c1-23-16-28(39(49)45-15-14-30-21-41-38(48)36(30)45)11-13-33(23)26-6-2-24(3-7-26)17-31(18-35(46)27-8-4-25(20-40)5-9-27)37(47)43-32-12-10-29-22-42-44-34(29)19-32/h2-3,6-7,10-13,16,19,22,25,27,30-31,36H,4-5,8-9,14-15,17-18,20-21,40H2,1H3,(H,41,48)(H,42,44)(H,43,47)/t25?,27?,30?,31-,36?/m1/s1. The molecule has 10 heteroatoms. The van der Waals surface area contributed by atoms with Crippen LogP contribution in [-0.2, 0) is 20.8 Å². The molecule has 254 valence electrons. The number of benzene rings is 3. The maximum absolute atomic E-state index is 13.7. The molecule has 3 aliphatic rings. The Bertz CT molecular complexity index is 1880. The van der Waals surface area contributed by atoms with Crippen LogP contribution in [0.4, 0.5) is 5.69 Å². The number of hydrogen-bond donors (Lipinski definition) is 4. The molecule has 4 aromatic rings. The maximum atomic E-state index is 13.7. The molecule has 3 fully saturated rings. The van der Waals surface area contributed by atoms with Gasteiger partial charge in [-0.25, -0.2) is 0 Å². The summed E-state index contributed by atoms with van der Waals surface area (Å²) in [4.78, 5) is 54.7. The number of nitrogens with zero attached hydrogens (tertiary/aromatic N) is 2. The van der Waals surface area contributed by atoms with Crippen LogP contribution in [0.1, 0.15) is 60.0 Å². The molecule has 1 aromatic heterocycles. The van der Waals surface area contributed by atoms with E-state index in [1.807, 2.05) is 67.6 Å². The number of aryl methyl sites for hydroxylation is 1. The molecular weight excluding hydrogens is 616 g/mol. The van der Waals surface area contributed by atoms with E-state index in [0.29, 0.717) is 43.2 Å². The van der Waals surface area contributed by atoms with E-state index in [1.54, 1.807) is 11.1 Å². The molecule has 10 nitrogen and oxygen atoms in total. The minimum Gasteiger partial charge on any atom is -0.354 e. The van der Waals surface area contributed by atoms with E-state index < -0.39 is 5.92 Å². The van der Waals surface area contributed by atoms with Crippen LogP contribution < -0.4 is 16.4 Å². The Morgan fingerprint density at radius 1 is 1.00 bits per heavy atom. The number of anilines is 1. The van der Waals surface area contributed by atoms with Gasteiger partial charge in [0.05, 0.1) is 11.7 Å². The summed E-state index contributed by atoms with van der Waals surface area (Å²) in [6.45, 7) is 3.89. The number of nitrogens with two attached hydrogens (primary N) is 1. The van der Waals surface area contributed by atoms with Crippen LogP contribution in [0.25, 0.3) is 22.0 Å². The molecule has 3 amide bonds. The van der Waals surface area contributed by atoms with E-state index >= 15 is 0 Å². The number of likely N-dealkylation sites (tertiary alicyclic amines) is 1. The number of amides is 3. The molecule has 1 saturated carbocycles. The Kier molecular flexibility index (Phi) is 9.31. The highest BCUT2D eigenvalue weighted by Crippen LogP contribution is 2.33. The molecule has 0 radical (unpaired) electrons. The highest BCUT2D eigenvalue weighted by molar-refractivity contribution is 6.00. The molecule has 5 N–H and O–H groups in total. The largest absolute Gasteiger partial charge is 0.354 e.